The van der Waals surface area contributed by atoms with Gasteiger partial charge >= 0.3 is 5.97 Å². The van der Waals surface area contributed by atoms with Crippen molar-refractivity contribution < 1.29 is 14.7 Å². The Balaban J connectivity index is 1.98. The highest BCUT2D eigenvalue weighted by Gasteiger charge is 2.16. The number of unbranched alkanes of at least 4 members (excludes halogenated alkanes) is 1. The highest BCUT2D eigenvalue weighted by molar-refractivity contribution is 5.76. The molecule has 0 saturated carbocycles. The van der Waals surface area contributed by atoms with Crippen molar-refractivity contribution in [2.75, 3.05) is 19.6 Å². The Morgan fingerprint density at radius 2 is 2.18 bits per heavy atom. The van der Waals surface area contributed by atoms with Crippen LogP contribution in [0, 0.1) is 5.92 Å². The standard InChI is InChI=1S/C12H22N2O3/c15-11(8-10-4-3-6-13-9-10)14-7-2-1-5-12(16)17/h10,13H,1-9H2,(H,14,15)(H,16,17). The molecule has 0 spiro atoms. The predicted molar refractivity (Wildman–Crippen MR) is 64.7 cm³/mol. The first kappa shape index (κ1) is 14.0. The summed E-state index contributed by atoms with van der Waals surface area (Å²) in [5.74, 6) is -0.221. The minimum Gasteiger partial charge on any atom is -0.481 e. The van der Waals surface area contributed by atoms with Gasteiger partial charge in [0.15, 0.2) is 0 Å². The molecule has 1 aliphatic heterocycles. The Labute approximate surface area is 102 Å². The number of piperidine rings is 1. The highest BCUT2D eigenvalue weighted by atomic mass is 16.4. The number of carboxylic acid groups (broad SMARTS) is 1. The van der Waals surface area contributed by atoms with E-state index < -0.39 is 5.97 Å². The van der Waals surface area contributed by atoms with Crippen molar-refractivity contribution >= 4 is 11.9 Å². The van der Waals surface area contributed by atoms with E-state index in [0.717, 1.165) is 32.4 Å². The van der Waals surface area contributed by atoms with Crippen LogP contribution in [-0.4, -0.2) is 36.6 Å². The van der Waals surface area contributed by atoms with E-state index in [1.807, 2.05) is 0 Å². The Morgan fingerprint density at radius 1 is 1.35 bits per heavy atom. The number of aliphatic carboxylic acids is 1. The SMILES string of the molecule is O=C(O)CCCCNC(=O)CC1CCCNC1. The molecule has 1 amide bonds. The van der Waals surface area contributed by atoms with Gasteiger partial charge in [-0.25, -0.2) is 0 Å². The molecule has 1 heterocycles. The van der Waals surface area contributed by atoms with Crippen molar-refractivity contribution in [3.05, 3.63) is 0 Å². The number of hydrogen-bond donors (Lipinski definition) is 3. The minimum atomic E-state index is -0.774. The van der Waals surface area contributed by atoms with Gasteiger partial charge in [0, 0.05) is 19.4 Å². The number of amides is 1. The van der Waals surface area contributed by atoms with Crippen molar-refractivity contribution in [2.24, 2.45) is 5.92 Å². The van der Waals surface area contributed by atoms with Crippen LogP contribution in [0.25, 0.3) is 0 Å². The Hall–Kier alpha value is -1.10. The summed E-state index contributed by atoms with van der Waals surface area (Å²) in [6.07, 6.45) is 4.41. The average Bonchev–Trinajstić information content (AvgIpc) is 2.29. The maximum Gasteiger partial charge on any atom is 0.303 e. The summed E-state index contributed by atoms with van der Waals surface area (Å²) in [5, 5.41) is 14.6. The molecule has 1 atom stereocenters. The summed E-state index contributed by atoms with van der Waals surface area (Å²) >= 11 is 0. The zero-order valence-electron chi connectivity index (χ0n) is 10.2. The van der Waals surface area contributed by atoms with E-state index in [-0.39, 0.29) is 12.3 Å². The van der Waals surface area contributed by atoms with E-state index in [2.05, 4.69) is 10.6 Å². The average molecular weight is 242 g/mol. The third kappa shape index (κ3) is 6.94. The summed E-state index contributed by atoms with van der Waals surface area (Å²) in [6.45, 7) is 2.59. The minimum absolute atomic E-state index is 0.0917. The Morgan fingerprint density at radius 3 is 2.82 bits per heavy atom. The molecule has 98 valence electrons. The van der Waals surface area contributed by atoms with Crippen molar-refractivity contribution in [1.29, 1.82) is 0 Å². The molecule has 0 aromatic carbocycles. The van der Waals surface area contributed by atoms with Crippen LogP contribution in [0.15, 0.2) is 0 Å². The quantitative estimate of drug-likeness (QED) is 0.576. The second-order valence-electron chi connectivity index (χ2n) is 4.62. The van der Waals surface area contributed by atoms with Crippen LogP contribution in [0.3, 0.4) is 0 Å². The number of rotatable bonds is 7. The van der Waals surface area contributed by atoms with Gasteiger partial charge in [0.05, 0.1) is 0 Å². The highest BCUT2D eigenvalue weighted by Crippen LogP contribution is 2.13. The van der Waals surface area contributed by atoms with Crippen molar-refractivity contribution in [2.45, 2.75) is 38.5 Å². The van der Waals surface area contributed by atoms with Crippen LogP contribution in [0.1, 0.15) is 38.5 Å². The zero-order chi connectivity index (χ0) is 12.5. The maximum atomic E-state index is 11.6. The van der Waals surface area contributed by atoms with Crippen LogP contribution in [0.5, 0.6) is 0 Å². The molecule has 0 bridgehead atoms. The van der Waals surface area contributed by atoms with Crippen LogP contribution in [0.4, 0.5) is 0 Å². The number of carbonyl (C=O) groups excluding carboxylic acids is 1. The van der Waals surface area contributed by atoms with E-state index in [1.165, 1.54) is 0 Å². The van der Waals surface area contributed by atoms with E-state index in [4.69, 9.17) is 5.11 Å². The van der Waals surface area contributed by atoms with E-state index >= 15 is 0 Å². The molecule has 1 saturated heterocycles. The first-order chi connectivity index (χ1) is 8.18. The fraction of sp³-hybridized carbons (Fsp3) is 0.833. The smallest absolute Gasteiger partial charge is 0.303 e. The van der Waals surface area contributed by atoms with Crippen molar-refractivity contribution in [3.8, 4) is 0 Å². The zero-order valence-corrected chi connectivity index (χ0v) is 10.2. The first-order valence-electron chi connectivity index (χ1n) is 6.37. The third-order valence-electron chi connectivity index (χ3n) is 3.01. The molecule has 0 aromatic rings. The Kier molecular flexibility index (Phi) is 6.62. The monoisotopic (exact) mass is 242 g/mol. The Bertz CT molecular complexity index is 250. The van der Waals surface area contributed by atoms with Gasteiger partial charge in [-0.2, -0.15) is 0 Å². The molecule has 1 fully saturated rings. The molecule has 5 nitrogen and oxygen atoms in total. The molecule has 3 N–H and O–H groups in total. The van der Waals surface area contributed by atoms with Gasteiger partial charge in [0.2, 0.25) is 5.91 Å². The second kappa shape index (κ2) is 8.06. The van der Waals surface area contributed by atoms with Gasteiger partial charge in [-0.3, -0.25) is 9.59 Å². The largest absolute Gasteiger partial charge is 0.481 e. The summed E-state index contributed by atoms with van der Waals surface area (Å²) in [7, 11) is 0. The van der Waals surface area contributed by atoms with Crippen LogP contribution >= 0.6 is 0 Å². The normalized spacial score (nSPS) is 19.9. The van der Waals surface area contributed by atoms with Crippen molar-refractivity contribution in [1.82, 2.24) is 10.6 Å². The lowest BCUT2D eigenvalue weighted by atomic mass is 9.96. The lowest BCUT2D eigenvalue weighted by Crippen LogP contribution is -2.34. The number of carbonyl (C=O) groups is 2. The van der Waals surface area contributed by atoms with Gasteiger partial charge in [-0.05, 0) is 44.7 Å². The summed E-state index contributed by atoms with van der Waals surface area (Å²) in [4.78, 5) is 21.8. The topological polar surface area (TPSA) is 78.4 Å². The predicted octanol–water partition coefficient (Wildman–Crippen LogP) is 0.747. The molecular weight excluding hydrogens is 220 g/mol. The van der Waals surface area contributed by atoms with E-state index in [1.54, 1.807) is 0 Å². The lowest BCUT2D eigenvalue weighted by Gasteiger charge is -2.22. The van der Waals surface area contributed by atoms with Crippen LogP contribution in [-0.2, 0) is 9.59 Å². The van der Waals surface area contributed by atoms with Crippen LogP contribution < -0.4 is 10.6 Å². The van der Waals surface area contributed by atoms with Gasteiger partial charge in [0.1, 0.15) is 0 Å². The molecule has 5 heteroatoms. The van der Waals surface area contributed by atoms with Crippen molar-refractivity contribution in [3.63, 3.8) is 0 Å². The first-order valence-corrected chi connectivity index (χ1v) is 6.37. The summed E-state index contributed by atoms with van der Waals surface area (Å²) in [5.41, 5.74) is 0. The summed E-state index contributed by atoms with van der Waals surface area (Å²) in [6, 6.07) is 0. The van der Waals surface area contributed by atoms with Gasteiger partial charge in [-0.1, -0.05) is 0 Å². The molecule has 0 radical (unpaired) electrons. The molecule has 0 aliphatic carbocycles. The van der Waals surface area contributed by atoms with Gasteiger partial charge in [-0.15, -0.1) is 0 Å². The van der Waals surface area contributed by atoms with Gasteiger partial charge < -0.3 is 15.7 Å². The second-order valence-corrected chi connectivity index (χ2v) is 4.62. The van der Waals surface area contributed by atoms with Crippen LogP contribution in [0.2, 0.25) is 0 Å². The lowest BCUT2D eigenvalue weighted by molar-refractivity contribution is -0.137. The fourth-order valence-corrected chi connectivity index (χ4v) is 2.06. The number of nitrogens with one attached hydrogen (secondary N) is 2. The molecular formula is C12H22N2O3. The molecule has 1 rings (SSSR count). The summed E-state index contributed by atoms with van der Waals surface area (Å²) < 4.78 is 0. The molecule has 1 unspecified atom stereocenters. The molecule has 1 aliphatic rings. The molecule has 0 aromatic heterocycles. The third-order valence-corrected chi connectivity index (χ3v) is 3.01. The number of hydrogen-bond acceptors (Lipinski definition) is 3. The maximum absolute atomic E-state index is 11.6. The molecule has 17 heavy (non-hydrogen) atoms. The van der Waals surface area contributed by atoms with Gasteiger partial charge in [0.25, 0.3) is 0 Å². The number of carboxylic acids is 1. The van der Waals surface area contributed by atoms with E-state index in [0.29, 0.717) is 25.3 Å². The fourth-order valence-electron chi connectivity index (χ4n) is 2.06. The van der Waals surface area contributed by atoms with E-state index in [9.17, 15) is 9.59 Å².